The summed E-state index contributed by atoms with van der Waals surface area (Å²) in [6.45, 7) is 7.78. The molecular formula is C23H24F4O4. The van der Waals surface area contributed by atoms with Crippen LogP contribution in [0.25, 0.3) is 0 Å². The SMILES string of the molecule is COc1c(F)c(F)c(OC2CCc3c2cccc3C2OC(C)(C)C(C)(C)O2)c(F)c1F. The van der Waals surface area contributed by atoms with Crippen molar-refractivity contribution in [1.29, 1.82) is 0 Å². The summed E-state index contributed by atoms with van der Waals surface area (Å²) in [6, 6.07) is 5.40. The van der Waals surface area contributed by atoms with E-state index in [0.717, 1.165) is 18.2 Å². The Morgan fingerprint density at radius 2 is 1.35 bits per heavy atom. The van der Waals surface area contributed by atoms with Crippen LogP contribution in [-0.4, -0.2) is 18.3 Å². The Bertz CT molecular complexity index is 990. The first-order valence-corrected chi connectivity index (χ1v) is 10.0. The van der Waals surface area contributed by atoms with Crippen LogP contribution in [0.3, 0.4) is 0 Å². The van der Waals surface area contributed by atoms with E-state index in [1.807, 2.05) is 33.8 Å². The second kappa shape index (κ2) is 7.38. The molecule has 1 fully saturated rings. The van der Waals surface area contributed by atoms with Gasteiger partial charge in [0, 0.05) is 5.56 Å². The third-order valence-corrected chi connectivity index (χ3v) is 6.41. The lowest BCUT2D eigenvalue weighted by Gasteiger charge is -2.30. The van der Waals surface area contributed by atoms with Gasteiger partial charge in [-0.3, -0.25) is 0 Å². The molecule has 1 saturated heterocycles. The predicted molar refractivity (Wildman–Crippen MR) is 104 cm³/mol. The molecule has 8 heteroatoms. The van der Waals surface area contributed by atoms with E-state index >= 15 is 0 Å². The Balaban J connectivity index is 1.67. The molecule has 1 unspecified atom stereocenters. The second-order valence-electron chi connectivity index (χ2n) is 8.77. The second-order valence-corrected chi connectivity index (χ2v) is 8.77. The van der Waals surface area contributed by atoms with E-state index < -0.39 is 58.4 Å². The van der Waals surface area contributed by atoms with E-state index in [2.05, 4.69) is 4.74 Å². The first kappa shape index (κ1) is 21.9. The lowest BCUT2D eigenvalue weighted by molar-refractivity contribution is -0.0900. The maximum Gasteiger partial charge on any atom is 0.207 e. The molecule has 31 heavy (non-hydrogen) atoms. The summed E-state index contributed by atoms with van der Waals surface area (Å²) in [6.07, 6.45) is -0.485. The smallest absolute Gasteiger partial charge is 0.207 e. The summed E-state index contributed by atoms with van der Waals surface area (Å²) < 4.78 is 79.0. The lowest BCUT2D eigenvalue weighted by atomic mass is 9.90. The zero-order valence-corrected chi connectivity index (χ0v) is 17.9. The van der Waals surface area contributed by atoms with Crippen LogP contribution in [0, 0.1) is 23.3 Å². The van der Waals surface area contributed by atoms with Crippen LogP contribution in [0.15, 0.2) is 18.2 Å². The van der Waals surface area contributed by atoms with Gasteiger partial charge in [-0.1, -0.05) is 18.2 Å². The minimum absolute atomic E-state index is 0.375. The predicted octanol–water partition coefficient (Wildman–Crippen LogP) is 5.92. The average Bonchev–Trinajstić information content (AvgIpc) is 3.21. The largest absolute Gasteiger partial charge is 0.491 e. The molecule has 0 saturated carbocycles. The summed E-state index contributed by atoms with van der Waals surface area (Å²) in [5, 5.41) is 0. The Morgan fingerprint density at radius 1 is 0.839 bits per heavy atom. The van der Waals surface area contributed by atoms with E-state index in [-0.39, 0.29) is 0 Å². The summed E-state index contributed by atoms with van der Waals surface area (Å²) >= 11 is 0. The summed E-state index contributed by atoms with van der Waals surface area (Å²) in [5.41, 5.74) is 1.29. The van der Waals surface area contributed by atoms with Crippen molar-refractivity contribution in [2.75, 3.05) is 7.11 Å². The first-order chi connectivity index (χ1) is 14.5. The lowest BCUT2D eigenvalue weighted by Crippen LogP contribution is -2.41. The Labute approximate surface area is 178 Å². The fourth-order valence-electron chi connectivity index (χ4n) is 3.97. The van der Waals surface area contributed by atoms with Gasteiger partial charge in [-0.25, -0.2) is 0 Å². The average molecular weight is 440 g/mol. The van der Waals surface area contributed by atoms with Gasteiger partial charge in [0.2, 0.25) is 23.3 Å². The minimum atomic E-state index is -1.64. The molecule has 0 bridgehead atoms. The van der Waals surface area contributed by atoms with E-state index in [4.69, 9.17) is 14.2 Å². The Kier molecular flexibility index (Phi) is 5.21. The van der Waals surface area contributed by atoms with Crippen molar-refractivity contribution in [3.63, 3.8) is 0 Å². The standard InChI is InChI=1S/C23H24F4O4/c1-22(2)23(3,4)31-21(30-22)13-8-6-7-12-11(13)9-10-14(12)29-20-17(26)15(24)19(28-5)16(25)18(20)27/h6-8,14,21H,9-10H2,1-5H3. The minimum Gasteiger partial charge on any atom is -0.491 e. The van der Waals surface area contributed by atoms with E-state index in [9.17, 15) is 17.6 Å². The normalized spacial score (nSPS) is 21.9. The van der Waals surface area contributed by atoms with Crippen LogP contribution in [0.4, 0.5) is 17.6 Å². The highest BCUT2D eigenvalue weighted by atomic mass is 19.2. The molecule has 1 atom stereocenters. The van der Waals surface area contributed by atoms with E-state index in [0.29, 0.717) is 18.4 Å². The molecule has 1 aliphatic heterocycles. The fraction of sp³-hybridized carbons (Fsp3) is 0.478. The Morgan fingerprint density at radius 3 is 1.90 bits per heavy atom. The molecule has 2 aromatic rings. The molecule has 0 amide bonds. The van der Waals surface area contributed by atoms with Gasteiger partial charge < -0.3 is 18.9 Å². The quantitative estimate of drug-likeness (QED) is 0.437. The number of halogens is 4. The van der Waals surface area contributed by atoms with Crippen molar-refractivity contribution in [2.45, 2.75) is 64.1 Å². The van der Waals surface area contributed by atoms with Crippen LogP contribution in [0.2, 0.25) is 0 Å². The number of methoxy groups -OCH3 is 1. The van der Waals surface area contributed by atoms with Crippen molar-refractivity contribution >= 4 is 0 Å². The number of ether oxygens (including phenoxy) is 4. The third kappa shape index (κ3) is 3.36. The van der Waals surface area contributed by atoms with Crippen molar-refractivity contribution in [2.24, 2.45) is 0 Å². The number of rotatable bonds is 4. The van der Waals surface area contributed by atoms with Crippen LogP contribution in [0.5, 0.6) is 11.5 Å². The van der Waals surface area contributed by atoms with Crippen LogP contribution in [0.1, 0.15) is 63.2 Å². The highest BCUT2D eigenvalue weighted by Gasteiger charge is 2.50. The van der Waals surface area contributed by atoms with Crippen LogP contribution < -0.4 is 9.47 Å². The van der Waals surface area contributed by atoms with E-state index in [1.165, 1.54) is 0 Å². The molecule has 2 aromatic carbocycles. The highest BCUT2D eigenvalue weighted by Crippen LogP contribution is 2.48. The van der Waals surface area contributed by atoms with Crippen LogP contribution >= 0.6 is 0 Å². The molecule has 2 aliphatic rings. The molecule has 1 aliphatic carbocycles. The summed E-state index contributed by atoms with van der Waals surface area (Å²) in [5.74, 6) is -8.77. The molecule has 0 spiro atoms. The van der Waals surface area contributed by atoms with Gasteiger partial charge in [0.25, 0.3) is 0 Å². The Hall–Kier alpha value is -2.32. The van der Waals surface area contributed by atoms with E-state index in [1.54, 1.807) is 12.1 Å². The van der Waals surface area contributed by atoms with Gasteiger partial charge in [0.05, 0.1) is 18.3 Å². The molecule has 4 rings (SSSR count). The molecule has 1 heterocycles. The maximum atomic E-state index is 14.4. The van der Waals surface area contributed by atoms with Gasteiger partial charge in [-0.15, -0.1) is 0 Å². The summed E-state index contributed by atoms with van der Waals surface area (Å²) in [4.78, 5) is 0. The number of fused-ring (bicyclic) bond motifs is 1. The number of hydrogen-bond acceptors (Lipinski definition) is 4. The maximum absolute atomic E-state index is 14.4. The van der Waals surface area contributed by atoms with Gasteiger partial charge in [0.1, 0.15) is 6.10 Å². The van der Waals surface area contributed by atoms with Gasteiger partial charge >= 0.3 is 0 Å². The van der Waals surface area contributed by atoms with Gasteiger partial charge in [0.15, 0.2) is 17.8 Å². The monoisotopic (exact) mass is 440 g/mol. The zero-order chi connectivity index (χ0) is 22.7. The van der Waals surface area contributed by atoms with Gasteiger partial charge in [-0.2, -0.15) is 17.6 Å². The third-order valence-electron chi connectivity index (χ3n) is 6.41. The fourth-order valence-corrected chi connectivity index (χ4v) is 3.97. The zero-order valence-electron chi connectivity index (χ0n) is 17.9. The molecule has 4 nitrogen and oxygen atoms in total. The van der Waals surface area contributed by atoms with Crippen molar-refractivity contribution in [3.8, 4) is 11.5 Å². The molecule has 0 N–H and O–H groups in total. The van der Waals surface area contributed by atoms with Crippen molar-refractivity contribution in [3.05, 3.63) is 58.2 Å². The van der Waals surface area contributed by atoms with Gasteiger partial charge in [-0.05, 0) is 51.7 Å². The molecular weight excluding hydrogens is 416 g/mol. The summed E-state index contributed by atoms with van der Waals surface area (Å²) in [7, 11) is 0.922. The van der Waals surface area contributed by atoms with Crippen LogP contribution in [-0.2, 0) is 15.9 Å². The highest BCUT2D eigenvalue weighted by molar-refractivity contribution is 5.43. The topological polar surface area (TPSA) is 36.9 Å². The number of hydrogen-bond donors (Lipinski definition) is 0. The molecule has 168 valence electrons. The van der Waals surface area contributed by atoms with Crippen molar-refractivity contribution in [1.82, 2.24) is 0 Å². The molecule has 0 radical (unpaired) electrons. The van der Waals surface area contributed by atoms with Crippen molar-refractivity contribution < 1.29 is 36.5 Å². The number of benzene rings is 2. The molecule has 0 aromatic heterocycles. The first-order valence-electron chi connectivity index (χ1n) is 10.0.